The molecule has 0 atom stereocenters. The average Bonchev–Trinajstić information content (AvgIpc) is 2.53. The minimum atomic E-state index is -3.65. The average molecular weight is 398 g/mol. The number of nitrogens with zero attached hydrogens (tertiary/aromatic N) is 1. The Morgan fingerprint density at radius 2 is 1.78 bits per heavy atom. The number of halogens is 1. The molecule has 0 aliphatic carbocycles. The van der Waals surface area contributed by atoms with Crippen molar-refractivity contribution in [2.75, 3.05) is 14.1 Å². The maximum atomic E-state index is 12.3. The number of hydrogen-bond acceptors (Lipinski definition) is 4. The molecule has 0 saturated carbocycles. The fraction of sp³-hybridized carbons (Fsp3) is 0.188. The van der Waals surface area contributed by atoms with E-state index in [2.05, 4.69) is 15.9 Å². The van der Waals surface area contributed by atoms with Crippen LogP contribution in [0.1, 0.15) is 15.9 Å². The Hall–Kier alpha value is -1.70. The van der Waals surface area contributed by atoms with Gasteiger partial charge in [0.25, 0.3) is 0 Å². The van der Waals surface area contributed by atoms with Gasteiger partial charge in [0, 0.05) is 18.6 Å². The van der Waals surface area contributed by atoms with Crippen molar-refractivity contribution >= 4 is 31.9 Å². The molecule has 0 fully saturated rings. The largest absolute Gasteiger partial charge is 0.457 e. The predicted molar refractivity (Wildman–Crippen MR) is 90.6 cm³/mol. The second-order valence-corrected chi connectivity index (χ2v) is 7.97. The molecule has 0 radical (unpaired) electrons. The Balaban J connectivity index is 2.22. The molecule has 0 amide bonds. The van der Waals surface area contributed by atoms with Gasteiger partial charge in [0.2, 0.25) is 10.0 Å². The summed E-state index contributed by atoms with van der Waals surface area (Å²) < 4.78 is 31.2. The lowest BCUT2D eigenvalue weighted by molar-refractivity contribution is 0.0472. The molecule has 2 aromatic carbocycles. The third-order valence-electron chi connectivity index (χ3n) is 3.14. The predicted octanol–water partition coefficient (Wildman–Crippen LogP) is 3.06. The van der Waals surface area contributed by atoms with Gasteiger partial charge in [-0.15, -0.1) is 0 Å². The van der Waals surface area contributed by atoms with Gasteiger partial charge in [-0.1, -0.05) is 30.3 Å². The number of carbonyl (C=O) groups excluding carboxylic acids is 1. The van der Waals surface area contributed by atoms with Crippen molar-refractivity contribution < 1.29 is 17.9 Å². The van der Waals surface area contributed by atoms with E-state index in [1.807, 2.05) is 30.3 Å². The molecule has 0 spiro atoms. The first kappa shape index (κ1) is 17.7. The maximum Gasteiger partial charge on any atom is 0.338 e. The zero-order chi connectivity index (χ0) is 17.0. The van der Waals surface area contributed by atoms with Crippen LogP contribution in [0.4, 0.5) is 0 Å². The lowest BCUT2D eigenvalue weighted by Crippen LogP contribution is -2.23. The molecule has 0 aromatic heterocycles. The highest BCUT2D eigenvalue weighted by molar-refractivity contribution is 9.10. The topological polar surface area (TPSA) is 63.7 Å². The van der Waals surface area contributed by atoms with Crippen molar-refractivity contribution in [3.05, 3.63) is 64.1 Å². The van der Waals surface area contributed by atoms with E-state index in [4.69, 9.17) is 4.74 Å². The Morgan fingerprint density at radius 1 is 1.13 bits per heavy atom. The molecule has 0 heterocycles. The van der Waals surface area contributed by atoms with Gasteiger partial charge in [-0.3, -0.25) is 0 Å². The van der Waals surface area contributed by atoms with Gasteiger partial charge in [0.05, 0.1) is 10.5 Å². The summed E-state index contributed by atoms with van der Waals surface area (Å²) in [6.07, 6.45) is 0. The van der Waals surface area contributed by atoms with Gasteiger partial charge < -0.3 is 4.74 Å². The zero-order valence-corrected chi connectivity index (χ0v) is 15.1. The number of ether oxygens (including phenoxy) is 1. The number of sulfonamides is 1. The van der Waals surface area contributed by atoms with Crippen molar-refractivity contribution in [3.8, 4) is 0 Å². The van der Waals surface area contributed by atoms with E-state index in [1.54, 1.807) is 0 Å². The summed E-state index contributed by atoms with van der Waals surface area (Å²) in [7, 11) is -0.787. The van der Waals surface area contributed by atoms with E-state index in [0.717, 1.165) is 9.87 Å². The van der Waals surface area contributed by atoms with Crippen LogP contribution in [0.2, 0.25) is 0 Å². The van der Waals surface area contributed by atoms with Crippen LogP contribution in [0.15, 0.2) is 57.9 Å². The number of benzene rings is 2. The second kappa shape index (κ2) is 7.25. The first-order valence-electron chi connectivity index (χ1n) is 6.75. The standard InChI is InChI=1S/C16H16BrNO4S/c1-18(2)23(20,21)15-10-13(8-9-14(15)17)16(19)22-11-12-6-4-3-5-7-12/h3-10H,11H2,1-2H3. The lowest BCUT2D eigenvalue weighted by atomic mass is 10.2. The zero-order valence-electron chi connectivity index (χ0n) is 12.7. The number of esters is 1. The molecule has 0 N–H and O–H groups in total. The van der Waals surface area contributed by atoms with Crippen molar-refractivity contribution in [1.82, 2.24) is 4.31 Å². The van der Waals surface area contributed by atoms with Crippen LogP contribution in [0.5, 0.6) is 0 Å². The minimum absolute atomic E-state index is 0.0247. The van der Waals surface area contributed by atoms with Gasteiger partial charge in [-0.25, -0.2) is 17.5 Å². The molecule has 5 nitrogen and oxygen atoms in total. The van der Waals surface area contributed by atoms with Crippen LogP contribution < -0.4 is 0 Å². The van der Waals surface area contributed by atoms with Gasteiger partial charge >= 0.3 is 5.97 Å². The summed E-state index contributed by atoms with van der Waals surface area (Å²) in [4.78, 5) is 12.2. The van der Waals surface area contributed by atoms with Crippen molar-refractivity contribution in [2.24, 2.45) is 0 Å². The number of carbonyl (C=O) groups is 1. The summed E-state index contributed by atoms with van der Waals surface area (Å²) in [5.41, 5.74) is 1.05. The summed E-state index contributed by atoms with van der Waals surface area (Å²) in [6, 6.07) is 13.6. The molecule has 7 heteroatoms. The molecule has 2 aromatic rings. The summed E-state index contributed by atoms with van der Waals surface area (Å²) >= 11 is 3.20. The van der Waals surface area contributed by atoms with Gasteiger partial charge in [-0.2, -0.15) is 0 Å². The van der Waals surface area contributed by atoms with E-state index in [0.29, 0.717) is 4.47 Å². The van der Waals surface area contributed by atoms with Gasteiger partial charge in [-0.05, 0) is 39.7 Å². The fourth-order valence-electron chi connectivity index (χ4n) is 1.83. The molecule has 0 bridgehead atoms. The van der Waals surface area contributed by atoms with Gasteiger partial charge in [0.1, 0.15) is 6.61 Å². The molecule has 0 aliphatic heterocycles. The van der Waals surface area contributed by atoms with Crippen LogP contribution in [0.25, 0.3) is 0 Å². The third-order valence-corrected chi connectivity index (χ3v) is 5.95. The molecule has 23 heavy (non-hydrogen) atoms. The Labute approximate surface area is 144 Å². The number of rotatable bonds is 5. The van der Waals surface area contributed by atoms with Gasteiger partial charge in [0.15, 0.2) is 0 Å². The van der Waals surface area contributed by atoms with Crippen LogP contribution >= 0.6 is 15.9 Å². The molecule has 2 rings (SSSR count). The fourth-order valence-corrected chi connectivity index (χ4v) is 3.68. The van der Waals surface area contributed by atoms with E-state index < -0.39 is 16.0 Å². The van der Waals surface area contributed by atoms with Crippen molar-refractivity contribution in [1.29, 1.82) is 0 Å². The first-order valence-corrected chi connectivity index (χ1v) is 8.99. The SMILES string of the molecule is CN(C)S(=O)(=O)c1cc(C(=O)OCc2ccccc2)ccc1Br. The molecule has 0 unspecified atom stereocenters. The summed E-state index contributed by atoms with van der Waals surface area (Å²) in [5.74, 6) is -0.573. The molecular weight excluding hydrogens is 382 g/mol. The van der Waals surface area contributed by atoms with Crippen LogP contribution in [0, 0.1) is 0 Å². The number of hydrogen-bond donors (Lipinski definition) is 0. The van der Waals surface area contributed by atoms with E-state index in [-0.39, 0.29) is 17.1 Å². The Morgan fingerprint density at radius 3 is 2.39 bits per heavy atom. The van der Waals surface area contributed by atoms with Crippen LogP contribution in [-0.2, 0) is 21.4 Å². The second-order valence-electron chi connectivity index (χ2n) is 4.99. The highest BCUT2D eigenvalue weighted by atomic mass is 79.9. The monoisotopic (exact) mass is 397 g/mol. The quantitative estimate of drug-likeness (QED) is 0.727. The molecule has 0 saturated heterocycles. The first-order chi connectivity index (χ1) is 10.8. The Bertz CT molecular complexity index is 804. The van der Waals surface area contributed by atoms with E-state index in [1.165, 1.54) is 32.3 Å². The molecule has 0 aliphatic rings. The Kier molecular flexibility index (Phi) is 5.56. The lowest BCUT2D eigenvalue weighted by Gasteiger charge is -2.14. The summed E-state index contributed by atoms with van der Waals surface area (Å²) in [6.45, 7) is 0.130. The smallest absolute Gasteiger partial charge is 0.338 e. The highest BCUT2D eigenvalue weighted by Gasteiger charge is 2.22. The maximum absolute atomic E-state index is 12.3. The minimum Gasteiger partial charge on any atom is -0.457 e. The molecular formula is C16H16BrNO4S. The van der Waals surface area contributed by atoms with Crippen molar-refractivity contribution in [2.45, 2.75) is 11.5 Å². The van der Waals surface area contributed by atoms with Crippen LogP contribution in [0.3, 0.4) is 0 Å². The highest BCUT2D eigenvalue weighted by Crippen LogP contribution is 2.25. The van der Waals surface area contributed by atoms with Crippen molar-refractivity contribution in [3.63, 3.8) is 0 Å². The molecule has 122 valence electrons. The van der Waals surface area contributed by atoms with Crippen LogP contribution in [-0.4, -0.2) is 32.8 Å². The van der Waals surface area contributed by atoms with E-state index in [9.17, 15) is 13.2 Å². The third kappa shape index (κ3) is 4.19. The van der Waals surface area contributed by atoms with E-state index >= 15 is 0 Å². The normalized spacial score (nSPS) is 11.5. The summed E-state index contributed by atoms with van der Waals surface area (Å²) in [5, 5.41) is 0.